The zero-order valence-electron chi connectivity index (χ0n) is 20.0. The first-order chi connectivity index (χ1) is 16.9. The molecule has 190 valence electrons. The molecular formula is C27H29NO8. The molecule has 0 heterocycles. The Morgan fingerprint density at radius 2 is 1.64 bits per heavy atom. The fourth-order valence-corrected chi connectivity index (χ4v) is 5.93. The SMILES string of the molecule is CC(=O)[C@]1(O)Cc2c(O)c3c(c(O)c2[C@@H](O[C@@H]2C[C@@H](C)[C@@H](O)[C@@H](N)C2)C1)C(=O)c1ccccc1C3=O. The van der Waals surface area contributed by atoms with Gasteiger partial charge in [0.25, 0.3) is 0 Å². The van der Waals surface area contributed by atoms with Gasteiger partial charge in [-0.1, -0.05) is 31.2 Å². The maximum Gasteiger partial charge on any atom is 0.198 e. The molecule has 3 aliphatic rings. The number of benzene rings is 2. The molecule has 1 saturated carbocycles. The largest absolute Gasteiger partial charge is 0.507 e. The zero-order chi connectivity index (χ0) is 26.1. The van der Waals surface area contributed by atoms with E-state index in [0.29, 0.717) is 12.8 Å². The predicted molar refractivity (Wildman–Crippen MR) is 127 cm³/mol. The summed E-state index contributed by atoms with van der Waals surface area (Å²) in [6.45, 7) is 3.05. The number of Topliss-reactive ketones (excluding diaryl/α,β-unsaturated/α-hetero) is 1. The molecule has 5 rings (SSSR count). The molecule has 1 fully saturated rings. The predicted octanol–water partition coefficient (Wildman–Crippen LogP) is 1.68. The highest BCUT2D eigenvalue weighted by Gasteiger charge is 2.48. The molecule has 36 heavy (non-hydrogen) atoms. The maximum absolute atomic E-state index is 13.4. The summed E-state index contributed by atoms with van der Waals surface area (Å²) in [5.41, 5.74) is 3.77. The molecule has 0 aromatic heterocycles. The number of aliphatic hydroxyl groups is 2. The summed E-state index contributed by atoms with van der Waals surface area (Å²) in [5, 5.41) is 44.1. The van der Waals surface area contributed by atoms with Crippen LogP contribution in [-0.2, 0) is 16.0 Å². The van der Waals surface area contributed by atoms with Gasteiger partial charge in [-0.3, -0.25) is 14.4 Å². The molecule has 6 atom stereocenters. The summed E-state index contributed by atoms with van der Waals surface area (Å²) >= 11 is 0. The molecule has 0 amide bonds. The average molecular weight is 496 g/mol. The standard InChI is InChI=1S/C27H29NO8/c1-11-7-13(8-17(28)22(11)30)36-18-10-27(35,12(2)29)9-16-19(18)26(34)21-20(25(16)33)23(31)14-5-3-4-6-15(14)24(21)32/h3-6,11,13,17-18,22,30,33-35H,7-10,28H2,1-2H3/t11-,13-,17+,18+,22-,27+/m1/s1. The Kier molecular flexibility index (Phi) is 5.79. The lowest BCUT2D eigenvalue weighted by Crippen LogP contribution is -2.49. The number of nitrogens with two attached hydrogens (primary N) is 1. The molecule has 0 bridgehead atoms. The summed E-state index contributed by atoms with van der Waals surface area (Å²) in [6.07, 6.45) is -2.07. The van der Waals surface area contributed by atoms with E-state index in [-0.39, 0.29) is 52.1 Å². The lowest BCUT2D eigenvalue weighted by atomic mass is 9.72. The molecule has 2 aromatic rings. The highest BCUT2D eigenvalue weighted by Crippen LogP contribution is 2.52. The van der Waals surface area contributed by atoms with Crippen LogP contribution in [-0.4, -0.2) is 61.6 Å². The molecule has 3 aliphatic carbocycles. The van der Waals surface area contributed by atoms with Crippen LogP contribution in [0.2, 0.25) is 0 Å². The van der Waals surface area contributed by atoms with E-state index in [1.807, 2.05) is 6.92 Å². The van der Waals surface area contributed by atoms with Crippen LogP contribution in [0.25, 0.3) is 0 Å². The first kappa shape index (κ1) is 24.6. The number of fused-ring (bicyclic) bond motifs is 3. The first-order valence-corrected chi connectivity index (χ1v) is 12.1. The Labute approximate surface area is 207 Å². The number of aromatic hydroxyl groups is 2. The summed E-state index contributed by atoms with van der Waals surface area (Å²) < 4.78 is 6.28. The Hall–Kier alpha value is -3.11. The van der Waals surface area contributed by atoms with E-state index in [0.717, 1.165) is 0 Å². The molecule has 6 N–H and O–H groups in total. The van der Waals surface area contributed by atoms with E-state index in [4.69, 9.17) is 10.5 Å². The molecule has 9 nitrogen and oxygen atoms in total. The van der Waals surface area contributed by atoms with Gasteiger partial charge >= 0.3 is 0 Å². The number of phenols is 2. The third kappa shape index (κ3) is 3.57. The van der Waals surface area contributed by atoms with Gasteiger partial charge in [-0.25, -0.2) is 0 Å². The van der Waals surface area contributed by atoms with Crippen molar-refractivity contribution in [3.8, 4) is 11.5 Å². The number of rotatable bonds is 3. The van der Waals surface area contributed by atoms with Crippen LogP contribution < -0.4 is 5.73 Å². The van der Waals surface area contributed by atoms with Gasteiger partial charge < -0.3 is 30.9 Å². The second kappa shape index (κ2) is 8.48. The molecule has 0 unspecified atom stereocenters. The third-order valence-electron chi connectivity index (χ3n) is 7.98. The van der Waals surface area contributed by atoms with Crippen molar-refractivity contribution in [2.24, 2.45) is 11.7 Å². The van der Waals surface area contributed by atoms with Crippen molar-refractivity contribution in [3.63, 3.8) is 0 Å². The van der Waals surface area contributed by atoms with Crippen molar-refractivity contribution >= 4 is 17.3 Å². The summed E-state index contributed by atoms with van der Waals surface area (Å²) in [7, 11) is 0. The van der Waals surface area contributed by atoms with Gasteiger partial charge in [-0.2, -0.15) is 0 Å². The van der Waals surface area contributed by atoms with E-state index in [1.54, 1.807) is 12.1 Å². The van der Waals surface area contributed by atoms with E-state index < -0.39 is 58.8 Å². The Morgan fingerprint density at radius 3 is 2.19 bits per heavy atom. The van der Waals surface area contributed by atoms with Crippen LogP contribution in [0.1, 0.15) is 82.2 Å². The molecule has 0 saturated heterocycles. The number of carbonyl (C=O) groups excluding carboxylic acids is 3. The molecule has 2 aromatic carbocycles. The third-order valence-corrected chi connectivity index (χ3v) is 7.98. The van der Waals surface area contributed by atoms with E-state index in [1.165, 1.54) is 19.1 Å². The second-order valence-electron chi connectivity index (χ2n) is 10.4. The lowest BCUT2D eigenvalue weighted by molar-refractivity contribution is -0.146. The van der Waals surface area contributed by atoms with Crippen molar-refractivity contribution < 1.29 is 39.5 Å². The van der Waals surface area contributed by atoms with Crippen molar-refractivity contribution in [2.45, 2.75) is 69.5 Å². The molecule has 0 aliphatic heterocycles. The zero-order valence-corrected chi connectivity index (χ0v) is 20.0. The highest BCUT2D eigenvalue weighted by atomic mass is 16.5. The van der Waals surface area contributed by atoms with Crippen LogP contribution >= 0.6 is 0 Å². The Bertz CT molecular complexity index is 1290. The smallest absolute Gasteiger partial charge is 0.198 e. The van der Waals surface area contributed by atoms with Crippen LogP contribution in [0.5, 0.6) is 11.5 Å². The van der Waals surface area contributed by atoms with Crippen LogP contribution in [0.3, 0.4) is 0 Å². The lowest BCUT2D eigenvalue weighted by Gasteiger charge is -2.42. The van der Waals surface area contributed by atoms with E-state index in [9.17, 15) is 34.8 Å². The fourth-order valence-electron chi connectivity index (χ4n) is 5.93. The van der Waals surface area contributed by atoms with E-state index >= 15 is 0 Å². The average Bonchev–Trinajstić information content (AvgIpc) is 2.82. The monoisotopic (exact) mass is 495 g/mol. The topological polar surface area (TPSA) is 167 Å². The van der Waals surface area contributed by atoms with Crippen LogP contribution in [0.15, 0.2) is 24.3 Å². The number of hydrogen-bond donors (Lipinski definition) is 5. The minimum Gasteiger partial charge on any atom is -0.507 e. The summed E-state index contributed by atoms with van der Waals surface area (Å²) in [6, 6.07) is 5.59. The quantitative estimate of drug-likeness (QED) is 0.340. The summed E-state index contributed by atoms with van der Waals surface area (Å²) in [4.78, 5) is 39.1. The van der Waals surface area contributed by atoms with Crippen molar-refractivity contribution in [1.29, 1.82) is 0 Å². The summed E-state index contributed by atoms with van der Waals surface area (Å²) in [5.74, 6) is -3.04. The number of ether oxygens (including phenoxy) is 1. The van der Waals surface area contributed by atoms with Crippen LogP contribution in [0, 0.1) is 5.92 Å². The van der Waals surface area contributed by atoms with Crippen molar-refractivity contribution in [3.05, 3.63) is 57.6 Å². The molecule has 0 radical (unpaired) electrons. The van der Waals surface area contributed by atoms with Crippen LogP contribution in [0.4, 0.5) is 0 Å². The maximum atomic E-state index is 13.4. The normalized spacial score (nSPS) is 31.4. The number of phenolic OH excluding ortho intramolecular Hbond substituents is 2. The van der Waals surface area contributed by atoms with Gasteiger partial charge in [0.1, 0.15) is 17.1 Å². The number of ketones is 3. The van der Waals surface area contributed by atoms with Gasteiger partial charge in [0.05, 0.1) is 29.4 Å². The Balaban J connectivity index is 1.66. The Morgan fingerprint density at radius 1 is 1.06 bits per heavy atom. The van der Waals surface area contributed by atoms with Crippen molar-refractivity contribution in [2.75, 3.05) is 0 Å². The minimum atomic E-state index is -1.92. The molecular weight excluding hydrogens is 466 g/mol. The van der Waals surface area contributed by atoms with Gasteiger partial charge in [-0.05, 0) is 25.7 Å². The van der Waals surface area contributed by atoms with E-state index in [2.05, 4.69) is 0 Å². The van der Waals surface area contributed by atoms with Crippen molar-refractivity contribution in [1.82, 2.24) is 0 Å². The number of aliphatic hydroxyl groups excluding tert-OH is 1. The molecule has 9 heteroatoms. The first-order valence-electron chi connectivity index (χ1n) is 12.1. The van der Waals surface area contributed by atoms with Gasteiger partial charge in [0, 0.05) is 41.1 Å². The fraction of sp³-hybridized carbons (Fsp3) is 0.444. The van der Waals surface area contributed by atoms with Gasteiger partial charge in [0.15, 0.2) is 17.3 Å². The number of carbonyl (C=O) groups is 3. The highest BCUT2D eigenvalue weighted by molar-refractivity contribution is 6.30. The molecule has 0 spiro atoms. The minimum absolute atomic E-state index is 0.00563. The van der Waals surface area contributed by atoms with Gasteiger partial charge in [0.2, 0.25) is 0 Å². The van der Waals surface area contributed by atoms with Gasteiger partial charge in [-0.15, -0.1) is 0 Å². The second-order valence-corrected chi connectivity index (χ2v) is 10.4. The number of hydrogen-bond acceptors (Lipinski definition) is 9.